The lowest BCUT2D eigenvalue weighted by Crippen LogP contribution is -2.41. The van der Waals surface area contributed by atoms with Gasteiger partial charge in [-0.25, -0.2) is 22.0 Å². The van der Waals surface area contributed by atoms with Gasteiger partial charge in [0, 0.05) is 5.56 Å². The fraction of sp³-hybridized carbons (Fsp3) is 0.0952. The molecule has 0 aliphatic heterocycles. The van der Waals surface area contributed by atoms with Gasteiger partial charge in [0.15, 0.2) is 28.1 Å². The van der Waals surface area contributed by atoms with Crippen molar-refractivity contribution in [2.75, 3.05) is 12.0 Å². The van der Waals surface area contributed by atoms with Crippen molar-refractivity contribution in [2.45, 2.75) is 4.90 Å². The number of hydrogen-bond acceptors (Lipinski definition) is 2. The summed E-state index contributed by atoms with van der Waals surface area (Å²) in [6, 6.07) is 18.2. The fourth-order valence-corrected chi connectivity index (χ4v) is 4.23. The summed E-state index contributed by atoms with van der Waals surface area (Å²) < 4.78 is 110. The van der Waals surface area contributed by atoms with E-state index in [1.54, 1.807) is 30.5 Å². The minimum absolute atomic E-state index is 0.0566. The topological polar surface area (TPSA) is 34.1 Å². The molecule has 0 amide bonds. The van der Waals surface area contributed by atoms with Crippen LogP contribution in [-0.2, 0) is 14.1 Å². The molecule has 0 aliphatic rings. The molecule has 0 heterocycles. The minimum atomic E-state index is -6.30. The van der Waals surface area contributed by atoms with Gasteiger partial charge in [-0.2, -0.15) is 0 Å². The minimum Gasteiger partial charge on any atom is -0.445 e. The third kappa shape index (κ3) is 6.28. The van der Waals surface area contributed by atoms with E-state index in [1.807, 2.05) is 36.4 Å². The first-order valence-electron chi connectivity index (χ1n) is 9.08. The standard InChI is InChI=1S/C15H15O2S.C6BF8/c1-18(17,14-10-6-3-7-11-14)12-15(16)13-8-4-2-5-9-13;8-2-1(7(13,14)15)3(9)5(11)6(12)4(2)10/h2-11H,12H2,1H3;/q+1;-1. The van der Waals surface area contributed by atoms with Crippen molar-refractivity contribution in [1.82, 2.24) is 0 Å². The van der Waals surface area contributed by atoms with E-state index >= 15 is 0 Å². The Bertz CT molecular complexity index is 1160. The molecule has 0 saturated carbocycles. The van der Waals surface area contributed by atoms with Gasteiger partial charge in [-0.1, -0.05) is 52.7 Å². The van der Waals surface area contributed by atoms with Gasteiger partial charge in [-0.15, -0.1) is 0 Å². The quantitative estimate of drug-likeness (QED) is 0.117. The van der Waals surface area contributed by atoms with Crippen molar-refractivity contribution < 1.29 is 43.9 Å². The lowest BCUT2D eigenvalue weighted by atomic mass is 9.79. The van der Waals surface area contributed by atoms with Gasteiger partial charge in [0.25, 0.3) is 0 Å². The lowest BCUT2D eigenvalue weighted by Gasteiger charge is -2.17. The molecule has 12 heteroatoms. The summed E-state index contributed by atoms with van der Waals surface area (Å²) in [4.78, 5) is 12.8. The molecule has 3 rings (SSSR count). The summed E-state index contributed by atoms with van der Waals surface area (Å²) in [7, 11) is -2.31. The predicted octanol–water partition coefficient (Wildman–Crippen LogP) is 5.49. The molecule has 33 heavy (non-hydrogen) atoms. The summed E-state index contributed by atoms with van der Waals surface area (Å²) in [5.74, 6) is -13.6. The predicted molar refractivity (Wildman–Crippen MR) is 109 cm³/mol. The first kappa shape index (κ1) is 26.2. The van der Waals surface area contributed by atoms with Crippen LogP contribution in [0.25, 0.3) is 0 Å². The van der Waals surface area contributed by atoms with Crippen LogP contribution in [0.1, 0.15) is 10.4 Å². The number of ketones is 1. The maximum Gasteiger partial charge on any atom is 0.515 e. The SMILES string of the molecule is C[S+](=O)(CC(=O)c1ccccc1)c1ccccc1.Fc1c(F)c(F)c([B-](F)(F)F)c(F)c1F. The number of carbonyl (C=O) groups excluding carboxylic acids is 1. The second-order valence-electron chi connectivity index (χ2n) is 6.81. The maximum atomic E-state index is 12.6. The normalized spacial score (nSPS) is 13.0. The molecule has 0 saturated heterocycles. The van der Waals surface area contributed by atoms with Crippen LogP contribution < -0.4 is 5.46 Å². The van der Waals surface area contributed by atoms with Crippen molar-refractivity contribution >= 4 is 28.2 Å². The van der Waals surface area contributed by atoms with Gasteiger partial charge < -0.3 is 12.9 Å². The van der Waals surface area contributed by atoms with Gasteiger partial charge in [0.05, 0.1) is 0 Å². The van der Waals surface area contributed by atoms with Gasteiger partial charge >= 0.3 is 6.98 Å². The monoisotopic (exact) mass is 494 g/mol. The summed E-state index contributed by atoms with van der Waals surface area (Å²) in [5.41, 5.74) is -2.12. The average Bonchev–Trinajstić information content (AvgIpc) is 2.77. The Morgan fingerprint density at radius 2 is 1.12 bits per heavy atom. The second-order valence-corrected chi connectivity index (χ2v) is 9.58. The number of hydrogen-bond donors (Lipinski definition) is 0. The Labute approximate surface area is 184 Å². The van der Waals surface area contributed by atoms with Crippen LogP contribution in [0, 0.1) is 29.1 Å². The molecule has 2 nitrogen and oxygen atoms in total. The fourth-order valence-electron chi connectivity index (χ4n) is 2.66. The van der Waals surface area contributed by atoms with Gasteiger partial charge in [-0.3, -0.25) is 4.79 Å². The molecule has 1 atom stereocenters. The molecule has 3 aromatic carbocycles. The zero-order valence-corrected chi connectivity index (χ0v) is 17.6. The molecule has 3 aromatic rings. The third-order valence-electron chi connectivity index (χ3n) is 4.32. The van der Waals surface area contributed by atoms with E-state index in [2.05, 4.69) is 0 Å². The molecular weight excluding hydrogens is 479 g/mol. The maximum absolute atomic E-state index is 12.6. The second kappa shape index (κ2) is 10.3. The number of Topliss-reactive ketones (excluding diaryl/α,β-unsaturated/α-hetero) is 1. The summed E-state index contributed by atoms with van der Waals surface area (Å²) in [6.45, 7) is -6.30. The highest BCUT2D eigenvalue weighted by molar-refractivity contribution is 8.03. The molecule has 0 fully saturated rings. The summed E-state index contributed by atoms with van der Waals surface area (Å²) in [6.07, 6.45) is 1.64. The van der Waals surface area contributed by atoms with Crippen LogP contribution in [0.4, 0.5) is 34.9 Å². The molecule has 0 radical (unpaired) electrons. The van der Waals surface area contributed by atoms with E-state index in [9.17, 15) is 43.9 Å². The smallest absolute Gasteiger partial charge is 0.445 e. The summed E-state index contributed by atoms with van der Waals surface area (Å²) >= 11 is 0. The highest BCUT2D eigenvalue weighted by Crippen LogP contribution is 2.21. The molecule has 1 unspecified atom stereocenters. The number of carbonyl (C=O) groups is 1. The molecular formula is C21H15BF8O2S. The van der Waals surface area contributed by atoms with Gasteiger partial charge in [0.2, 0.25) is 5.78 Å². The molecule has 0 spiro atoms. The van der Waals surface area contributed by atoms with Crippen LogP contribution in [0.2, 0.25) is 0 Å². The number of halogens is 8. The van der Waals surface area contributed by atoms with Crippen molar-refractivity contribution in [3.8, 4) is 0 Å². The molecule has 0 aliphatic carbocycles. The Balaban J connectivity index is 0.000000238. The molecule has 176 valence electrons. The van der Waals surface area contributed by atoms with Crippen LogP contribution in [0.3, 0.4) is 0 Å². The zero-order chi connectivity index (χ0) is 25.0. The Morgan fingerprint density at radius 1 is 0.727 bits per heavy atom. The van der Waals surface area contributed by atoms with E-state index in [0.29, 0.717) is 5.56 Å². The van der Waals surface area contributed by atoms with Gasteiger partial charge in [-0.05, 0) is 17.6 Å². The number of benzene rings is 3. The Kier molecular flexibility index (Phi) is 8.18. The molecule has 0 aromatic heterocycles. The first-order chi connectivity index (χ1) is 15.3. The Morgan fingerprint density at radius 3 is 1.55 bits per heavy atom. The van der Waals surface area contributed by atoms with Crippen molar-refractivity contribution in [1.29, 1.82) is 0 Å². The van der Waals surface area contributed by atoms with Crippen molar-refractivity contribution in [3.63, 3.8) is 0 Å². The van der Waals surface area contributed by atoms with E-state index < -0.39 is 51.5 Å². The first-order valence-corrected chi connectivity index (χ1v) is 11.2. The molecule has 0 bridgehead atoms. The average molecular weight is 494 g/mol. The zero-order valence-electron chi connectivity index (χ0n) is 16.8. The van der Waals surface area contributed by atoms with E-state index in [4.69, 9.17) is 0 Å². The third-order valence-corrected chi connectivity index (χ3v) is 6.40. The van der Waals surface area contributed by atoms with Gasteiger partial charge in [0.1, 0.15) is 27.8 Å². The summed E-state index contributed by atoms with van der Waals surface area (Å²) in [5, 5.41) is 0. The van der Waals surface area contributed by atoms with Crippen molar-refractivity contribution in [2.24, 2.45) is 0 Å². The van der Waals surface area contributed by atoms with Crippen LogP contribution in [0.5, 0.6) is 0 Å². The largest absolute Gasteiger partial charge is 0.515 e. The Hall–Kier alpha value is -3.02. The van der Waals surface area contributed by atoms with E-state index in [-0.39, 0.29) is 11.5 Å². The van der Waals surface area contributed by atoms with Crippen molar-refractivity contribution in [3.05, 3.63) is 95.3 Å². The highest BCUT2D eigenvalue weighted by atomic mass is 32.2. The van der Waals surface area contributed by atoms with E-state index in [1.165, 1.54) is 0 Å². The lowest BCUT2D eigenvalue weighted by molar-refractivity contribution is 0.102. The molecule has 0 N–H and O–H groups in total. The van der Waals surface area contributed by atoms with Crippen LogP contribution in [-0.4, -0.2) is 24.8 Å². The highest BCUT2D eigenvalue weighted by Gasteiger charge is 2.37. The van der Waals surface area contributed by atoms with Crippen LogP contribution in [0.15, 0.2) is 65.6 Å². The number of rotatable bonds is 5. The van der Waals surface area contributed by atoms with E-state index in [0.717, 1.165) is 4.90 Å². The van der Waals surface area contributed by atoms with Crippen LogP contribution >= 0.6 is 0 Å².